The fraction of sp³-hybridized carbons (Fsp3) is 0.222. The molecular formula is C9H8ClN3O. The normalized spacial score (nSPS) is 10.4. The lowest BCUT2D eigenvalue weighted by Gasteiger charge is -1.96. The Bertz CT molecular complexity index is 441. The van der Waals surface area contributed by atoms with Gasteiger partial charge in [-0.25, -0.2) is 0 Å². The Balaban J connectivity index is 2.44. The molecule has 2 aromatic heterocycles. The van der Waals surface area contributed by atoms with Gasteiger partial charge >= 0.3 is 0 Å². The van der Waals surface area contributed by atoms with E-state index in [0.29, 0.717) is 11.7 Å². The van der Waals surface area contributed by atoms with E-state index >= 15 is 0 Å². The summed E-state index contributed by atoms with van der Waals surface area (Å²) in [4.78, 5) is 8.11. The molecule has 0 aliphatic heterocycles. The topological polar surface area (TPSA) is 51.8 Å². The van der Waals surface area contributed by atoms with E-state index in [1.54, 1.807) is 12.4 Å². The third kappa shape index (κ3) is 1.61. The summed E-state index contributed by atoms with van der Waals surface area (Å²) in [6, 6.07) is 1.89. The molecule has 2 rings (SSSR count). The van der Waals surface area contributed by atoms with Crippen LogP contribution in [0.1, 0.15) is 11.5 Å². The number of rotatable bonds is 2. The molecule has 14 heavy (non-hydrogen) atoms. The Kier molecular flexibility index (Phi) is 2.45. The average molecular weight is 210 g/mol. The van der Waals surface area contributed by atoms with Crippen molar-refractivity contribution in [2.45, 2.75) is 12.8 Å². The molecular weight excluding hydrogens is 202 g/mol. The maximum Gasteiger partial charge on any atom is 0.241 e. The Hall–Kier alpha value is -1.42. The molecule has 0 aliphatic carbocycles. The maximum atomic E-state index is 5.56. The van der Waals surface area contributed by atoms with Gasteiger partial charge in [0.1, 0.15) is 5.88 Å². The first-order valence-electron chi connectivity index (χ1n) is 4.11. The molecule has 4 nitrogen and oxygen atoms in total. The number of halogens is 1. The predicted octanol–water partition coefficient (Wildman–Crippen LogP) is 2.18. The van der Waals surface area contributed by atoms with Crippen LogP contribution in [0.15, 0.2) is 23.0 Å². The Morgan fingerprint density at radius 2 is 2.36 bits per heavy atom. The summed E-state index contributed by atoms with van der Waals surface area (Å²) >= 11 is 5.56. The van der Waals surface area contributed by atoms with Crippen molar-refractivity contribution in [1.82, 2.24) is 15.1 Å². The van der Waals surface area contributed by atoms with Crippen LogP contribution < -0.4 is 0 Å². The second-order valence-corrected chi connectivity index (χ2v) is 3.10. The smallest absolute Gasteiger partial charge is 0.241 e. The lowest BCUT2D eigenvalue weighted by atomic mass is 10.1. The molecule has 0 amide bonds. The first-order valence-corrected chi connectivity index (χ1v) is 4.64. The third-order valence-corrected chi connectivity index (χ3v) is 2.09. The molecule has 0 saturated heterocycles. The van der Waals surface area contributed by atoms with Gasteiger partial charge in [-0.15, -0.1) is 11.6 Å². The van der Waals surface area contributed by atoms with Crippen LogP contribution in [0.5, 0.6) is 0 Å². The van der Waals surface area contributed by atoms with Crippen molar-refractivity contribution in [2.75, 3.05) is 0 Å². The summed E-state index contributed by atoms with van der Waals surface area (Å²) in [6.07, 6.45) is 3.43. The molecule has 0 N–H and O–H groups in total. The molecule has 0 fully saturated rings. The van der Waals surface area contributed by atoms with E-state index in [9.17, 15) is 0 Å². The van der Waals surface area contributed by atoms with E-state index in [2.05, 4.69) is 15.1 Å². The van der Waals surface area contributed by atoms with Crippen molar-refractivity contribution >= 4 is 11.6 Å². The van der Waals surface area contributed by atoms with Gasteiger partial charge in [-0.1, -0.05) is 5.16 Å². The molecule has 5 heteroatoms. The van der Waals surface area contributed by atoms with E-state index in [0.717, 1.165) is 11.1 Å². The number of aromatic nitrogens is 3. The number of aryl methyl sites for hydroxylation is 1. The van der Waals surface area contributed by atoms with Gasteiger partial charge < -0.3 is 4.52 Å². The lowest BCUT2D eigenvalue weighted by Crippen LogP contribution is -1.86. The van der Waals surface area contributed by atoms with E-state index < -0.39 is 0 Å². The molecule has 0 aliphatic rings. The quantitative estimate of drug-likeness (QED) is 0.712. The molecule has 0 atom stereocenters. The Morgan fingerprint density at radius 3 is 3.00 bits per heavy atom. The summed E-state index contributed by atoms with van der Waals surface area (Å²) in [7, 11) is 0. The van der Waals surface area contributed by atoms with Gasteiger partial charge in [0, 0.05) is 18.0 Å². The minimum absolute atomic E-state index is 0.228. The molecule has 0 aromatic carbocycles. The van der Waals surface area contributed by atoms with Crippen LogP contribution in [-0.2, 0) is 5.88 Å². The van der Waals surface area contributed by atoms with Gasteiger partial charge in [0.25, 0.3) is 0 Å². The highest BCUT2D eigenvalue weighted by Gasteiger charge is 2.09. The molecule has 0 bridgehead atoms. The van der Waals surface area contributed by atoms with E-state index in [-0.39, 0.29) is 5.88 Å². The second-order valence-electron chi connectivity index (χ2n) is 2.84. The molecule has 0 saturated carbocycles. The zero-order chi connectivity index (χ0) is 9.97. The van der Waals surface area contributed by atoms with Gasteiger partial charge in [-0.3, -0.25) is 4.98 Å². The summed E-state index contributed by atoms with van der Waals surface area (Å²) in [5.41, 5.74) is 1.93. The van der Waals surface area contributed by atoms with Gasteiger partial charge in [-0.05, 0) is 18.6 Å². The van der Waals surface area contributed by atoms with Gasteiger partial charge in [-0.2, -0.15) is 4.98 Å². The van der Waals surface area contributed by atoms with E-state index in [4.69, 9.17) is 16.1 Å². The fourth-order valence-electron chi connectivity index (χ4n) is 1.12. The van der Waals surface area contributed by atoms with Crippen LogP contribution in [0.3, 0.4) is 0 Å². The lowest BCUT2D eigenvalue weighted by molar-refractivity contribution is 0.391. The molecule has 0 radical (unpaired) electrons. The number of pyridine rings is 1. The van der Waals surface area contributed by atoms with E-state index in [1.165, 1.54) is 0 Å². The highest BCUT2D eigenvalue weighted by Crippen LogP contribution is 2.18. The average Bonchev–Trinajstić information content (AvgIpc) is 2.67. The minimum Gasteiger partial charge on any atom is -0.338 e. The number of hydrogen-bond acceptors (Lipinski definition) is 4. The molecule has 0 spiro atoms. The fourth-order valence-corrected chi connectivity index (χ4v) is 1.23. The minimum atomic E-state index is 0.228. The SMILES string of the molecule is Cc1ccncc1-c1noc(CCl)n1. The standard InChI is InChI=1S/C9H8ClN3O/c1-6-2-3-11-5-7(6)9-12-8(4-10)14-13-9/h2-3,5H,4H2,1H3. The van der Waals surface area contributed by atoms with Gasteiger partial charge in [0.15, 0.2) is 0 Å². The monoisotopic (exact) mass is 209 g/mol. The van der Waals surface area contributed by atoms with Crippen molar-refractivity contribution in [3.05, 3.63) is 29.9 Å². The number of nitrogens with zero attached hydrogens (tertiary/aromatic N) is 3. The number of alkyl halides is 1. The zero-order valence-corrected chi connectivity index (χ0v) is 8.32. The highest BCUT2D eigenvalue weighted by atomic mass is 35.5. The molecule has 0 unspecified atom stereocenters. The van der Waals surface area contributed by atoms with Crippen molar-refractivity contribution in [3.63, 3.8) is 0 Å². The van der Waals surface area contributed by atoms with Crippen LogP contribution in [-0.4, -0.2) is 15.1 Å². The highest BCUT2D eigenvalue weighted by molar-refractivity contribution is 6.16. The van der Waals surface area contributed by atoms with Crippen molar-refractivity contribution in [2.24, 2.45) is 0 Å². The van der Waals surface area contributed by atoms with Crippen LogP contribution in [0.2, 0.25) is 0 Å². The first kappa shape index (κ1) is 9.15. The van der Waals surface area contributed by atoms with Gasteiger partial charge in [0.05, 0.1) is 0 Å². The Morgan fingerprint density at radius 1 is 1.50 bits per heavy atom. The largest absolute Gasteiger partial charge is 0.338 e. The van der Waals surface area contributed by atoms with Crippen molar-refractivity contribution < 1.29 is 4.52 Å². The first-order chi connectivity index (χ1) is 6.81. The van der Waals surface area contributed by atoms with Crippen molar-refractivity contribution in [1.29, 1.82) is 0 Å². The number of hydrogen-bond donors (Lipinski definition) is 0. The molecule has 72 valence electrons. The van der Waals surface area contributed by atoms with Gasteiger partial charge in [0.2, 0.25) is 11.7 Å². The van der Waals surface area contributed by atoms with Crippen LogP contribution in [0.4, 0.5) is 0 Å². The molecule has 2 heterocycles. The zero-order valence-electron chi connectivity index (χ0n) is 7.57. The summed E-state index contributed by atoms with van der Waals surface area (Å²) < 4.78 is 4.90. The third-order valence-electron chi connectivity index (χ3n) is 1.86. The van der Waals surface area contributed by atoms with Crippen LogP contribution in [0.25, 0.3) is 11.4 Å². The maximum absolute atomic E-state index is 5.56. The Labute approximate surface area is 85.9 Å². The summed E-state index contributed by atoms with van der Waals surface area (Å²) in [6.45, 7) is 1.97. The van der Waals surface area contributed by atoms with E-state index in [1.807, 2.05) is 13.0 Å². The summed E-state index contributed by atoms with van der Waals surface area (Å²) in [5.74, 6) is 1.18. The second kappa shape index (κ2) is 3.75. The van der Waals surface area contributed by atoms with Crippen molar-refractivity contribution in [3.8, 4) is 11.4 Å². The molecule has 2 aromatic rings. The van der Waals surface area contributed by atoms with Crippen LogP contribution >= 0.6 is 11.6 Å². The van der Waals surface area contributed by atoms with Crippen LogP contribution in [0, 0.1) is 6.92 Å². The summed E-state index contributed by atoms with van der Waals surface area (Å²) in [5, 5.41) is 3.81. The predicted molar refractivity (Wildman–Crippen MR) is 51.8 cm³/mol.